The summed E-state index contributed by atoms with van der Waals surface area (Å²) in [7, 11) is -3.13. The van der Waals surface area contributed by atoms with Crippen molar-refractivity contribution in [2.24, 2.45) is 0 Å². The summed E-state index contributed by atoms with van der Waals surface area (Å²) < 4.78 is 27.2. The minimum Gasteiger partial charge on any atom is -0.314 e. The summed E-state index contributed by atoms with van der Waals surface area (Å²) >= 11 is 1.78. The van der Waals surface area contributed by atoms with Crippen LogP contribution in [-0.4, -0.2) is 69.3 Å². The van der Waals surface area contributed by atoms with Crippen LogP contribution in [0.3, 0.4) is 0 Å². The smallest absolute Gasteiger partial charge is 0.213 e. The monoisotopic (exact) mass is 307 g/mol. The molecule has 2 aliphatic rings. The number of sulfonamides is 1. The lowest BCUT2D eigenvalue weighted by Gasteiger charge is -2.27. The number of nitrogens with one attached hydrogen (secondary N) is 2. The first-order valence-electron chi connectivity index (χ1n) is 7.06. The quantitative estimate of drug-likeness (QED) is 0.728. The second-order valence-corrected chi connectivity index (χ2v) is 8.29. The standard InChI is InChI=1S/C12H25N3O2S2/c1-18-12-4-2-3-11(12)14-19(16,17)10-9-15-7-5-13-6-8-15/h11-14H,2-10H2,1H3. The van der Waals surface area contributed by atoms with Gasteiger partial charge in [-0.2, -0.15) is 11.8 Å². The third-order valence-electron chi connectivity index (χ3n) is 3.97. The molecule has 7 heteroatoms. The van der Waals surface area contributed by atoms with Gasteiger partial charge in [-0.1, -0.05) is 6.42 Å². The van der Waals surface area contributed by atoms with Crippen LogP contribution in [0.15, 0.2) is 0 Å². The minimum atomic E-state index is -3.13. The number of rotatable bonds is 6. The van der Waals surface area contributed by atoms with Crippen molar-refractivity contribution in [3.63, 3.8) is 0 Å². The molecule has 0 aromatic heterocycles. The molecule has 2 fully saturated rings. The van der Waals surface area contributed by atoms with Crippen LogP contribution in [0, 0.1) is 0 Å². The molecule has 0 aromatic rings. The van der Waals surface area contributed by atoms with Crippen LogP contribution in [0.5, 0.6) is 0 Å². The molecule has 0 spiro atoms. The molecule has 1 saturated carbocycles. The van der Waals surface area contributed by atoms with Crippen LogP contribution in [-0.2, 0) is 10.0 Å². The topological polar surface area (TPSA) is 61.4 Å². The molecule has 1 aliphatic heterocycles. The van der Waals surface area contributed by atoms with Crippen molar-refractivity contribution in [1.82, 2.24) is 14.9 Å². The van der Waals surface area contributed by atoms with Crippen molar-refractivity contribution in [2.75, 3.05) is 44.7 Å². The van der Waals surface area contributed by atoms with Crippen LogP contribution in [0.2, 0.25) is 0 Å². The van der Waals surface area contributed by atoms with Crippen molar-refractivity contribution in [3.8, 4) is 0 Å². The molecule has 19 heavy (non-hydrogen) atoms. The van der Waals surface area contributed by atoms with Gasteiger partial charge in [0.1, 0.15) is 0 Å². The predicted molar refractivity (Wildman–Crippen MR) is 81.2 cm³/mol. The predicted octanol–water partition coefficient (Wildman–Crippen LogP) is 0.0951. The maximum atomic E-state index is 12.1. The molecule has 1 aliphatic carbocycles. The lowest BCUT2D eigenvalue weighted by atomic mass is 10.3. The van der Waals surface area contributed by atoms with Gasteiger partial charge in [0.2, 0.25) is 10.0 Å². The molecule has 0 radical (unpaired) electrons. The van der Waals surface area contributed by atoms with E-state index in [1.807, 2.05) is 0 Å². The van der Waals surface area contributed by atoms with E-state index in [-0.39, 0.29) is 11.8 Å². The zero-order valence-electron chi connectivity index (χ0n) is 11.6. The molecule has 5 nitrogen and oxygen atoms in total. The minimum absolute atomic E-state index is 0.142. The molecule has 2 unspecified atom stereocenters. The SMILES string of the molecule is CSC1CCCC1NS(=O)(=O)CCN1CCNCC1. The largest absolute Gasteiger partial charge is 0.314 e. The Hall–Kier alpha value is 0.180. The fraction of sp³-hybridized carbons (Fsp3) is 1.00. The summed E-state index contributed by atoms with van der Waals surface area (Å²) in [4.78, 5) is 2.22. The molecule has 0 amide bonds. The Morgan fingerprint density at radius 3 is 2.74 bits per heavy atom. The second kappa shape index (κ2) is 7.26. The zero-order chi connectivity index (χ0) is 13.7. The maximum absolute atomic E-state index is 12.1. The van der Waals surface area contributed by atoms with Gasteiger partial charge in [-0.05, 0) is 19.1 Å². The Bertz CT molecular complexity index is 369. The molecular weight excluding hydrogens is 282 g/mol. The third kappa shape index (κ3) is 4.90. The molecule has 2 rings (SSSR count). The highest BCUT2D eigenvalue weighted by Gasteiger charge is 2.30. The molecule has 0 aromatic carbocycles. The van der Waals surface area contributed by atoms with Crippen LogP contribution in [0.4, 0.5) is 0 Å². The molecule has 112 valence electrons. The molecule has 1 heterocycles. The van der Waals surface area contributed by atoms with Gasteiger partial charge in [-0.15, -0.1) is 0 Å². The van der Waals surface area contributed by atoms with E-state index < -0.39 is 10.0 Å². The van der Waals surface area contributed by atoms with E-state index in [4.69, 9.17) is 0 Å². The first kappa shape index (κ1) is 15.6. The summed E-state index contributed by atoms with van der Waals surface area (Å²) in [5, 5.41) is 3.73. The Morgan fingerprint density at radius 2 is 2.05 bits per heavy atom. The van der Waals surface area contributed by atoms with Gasteiger partial charge >= 0.3 is 0 Å². The number of hydrogen-bond donors (Lipinski definition) is 2. The number of hydrogen-bond acceptors (Lipinski definition) is 5. The van der Waals surface area contributed by atoms with Gasteiger partial charge in [0, 0.05) is 44.0 Å². The van der Waals surface area contributed by atoms with E-state index in [9.17, 15) is 8.42 Å². The highest BCUT2D eigenvalue weighted by Crippen LogP contribution is 2.28. The van der Waals surface area contributed by atoms with Crippen molar-refractivity contribution >= 4 is 21.8 Å². The second-order valence-electron chi connectivity index (χ2n) is 5.34. The van der Waals surface area contributed by atoms with Crippen LogP contribution >= 0.6 is 11.8 Å². The summed E-state index contributed by atoms with van der Waals surface area (Å²) in [6, 6.07) is 0.142. The van der Waals surface area contributed by atoms with Crippen LogP contribution < -0.4 is 10.0 Å². The molecule has 2 N–H and O–H groups in total. The lowest BCUT2D eigenvalue weighted by Crippen LogP contribution is -2.47. The average Bonchev–Trinajstić information content (AvgIpc) is 2.84. The van der Waals surface area contributed by atoms with Gasteiger partial charge in [-0.3, -0.25) is 4.90 Å². The van der Waals surface area contributed by atoms with Crippen molar-refractivity contribution in [1.29, 1.82) is 0 Å². The van der Waals surface area contributed by atoms with E-state index in [0.29, 0.717) is 11.8 Å². The van der Waals surface area contributed by atoms with E-state index in [1.54, 1.807) is 11.8 Å². The van der Waals surface area contributed by atoms with Gasteiger partial charge in [-0.25, -0.2) is 13.1 Å². The number of piperazine rings is 1. The van der Waals surface area contributed by atoms with Gasteiger partial charge in [0.15, 0.2) is 0 Å². The average molecular weight is 307 g/mol. The van der Waals surface area contributed by atoms with Gasteiger partial charge in [0.05, 0.1) is 5.75 Å². The lowest BCUT2D eigenvalue weighted by molar-refractivity contribution is 0.253. The Kier molecular flexibility index (Phi) is 5.95. The summed E-state index contributed by atoms with van der Waals surface area (Å²) in [5.74, 6) is 0.227. The fourth-order valence-electron chi connectivity index (χ4n) is 2.82. The third-order valence-corrected chi connectivity index (χ3v) is 6.52. The normalized spacial score (nSPS) is 29.7. The zero-order valence-corrected chi connectivity index (χ0v) is 13.2. The van der Waals surface area contributed by atoms with Crippen molar-refractivity contribution in [3.05, 3.63) is 0 Å². The summed E-state index contributed by atoms with van der Waals surface area (Å²) in [6.45, 7) is 4.47. The molecule has 0 bridgehead atoms. The van der Waals surface area contributed by atoms with E-state index >= 15 is 0 Å². The van der Waals surface area contributed by atoms with Gasteiger partial charge in [0.25, 0.3) is 0 Å². The fourth-order valence-corrected chi connectivity index (χ4v) is 5.20. The highest BCUT2D eigenvalue weighted by molar-refractivity contribution is 7.99. The van der Waals surface area contributed by atoms with Crippen LogP contribution in [0.1, 0.15) is 19.3 Å². The maximum Gasteiger partial charge on any atom is 0.213 e. The van der Waals surface area contributed by atoms with Gasteiger partial charge < -0.3 is 5.32 Å². The van der Waals surface area contributed by atoms with E-state index in [0.717, 1.165) is 45.4 Å². The van der Waals surface area contributed by atoms with E-state index in [1.165, 1.54) is 0 Å². The summed E-state index contributed by atoms with van der Waals surface area (Å²) in [6.07, 6.45) is 5.32. The Labute approximate surface area is 120 Å². The summed E-state index contributed by atoms with van der Waals surface area (Å²) in [5.41, 5.74) is 0. The number of nitrogens with zero attached hydrogens (tertiary/aromatic N) is 1. The Balaban J connectivity index is 1.77. The van der Waals surface area contributed by atoms with Crippen molar-refractivity contribution < 1.29 is 8.42 Å². The molecule has 2 atom stereocenters. The Morgan fingerprint density at radius 1 is 1.32 bits per heavy atom. The van der Waals surface area contributed by atoms with Crippen LogP contribution in [0.25, 0.3) is 0 Å². The first-order valence-corrected chi connectivity index (χ1v) is 10.0. The molecular formula is C12H25N3O2S2. The number of thioether (sulfide) groups is 1. The van der Waals surface area contributed by atoms with Crippen molar-refractivity contribution in [2.45, 2.75) is 30.6 Å². The van der Waals surface area contributed by atoms with E-state index in [2.05, 4.69) is 21.2 Å². The first-order chi connectivity index (χ1) is 9.11. The molecule has 1 saturated heterocycles. The highest BCUT2D eigenvalue weighted by atomic mass is 32.2.